The summed E-state index contributed by atoms with van der Waals surface area (Å²) in [5.41, 5.74) is -0.379. The Bertz CT molecular complexity index is 1440. The van der Waals surface area contributed by atoms with Crippen molar-refractivity contribution in [3.63, 3.8) is 0 Å². The monoisotopic (exact) mass is 567 g/mol. The smallest absolute Gasteiger partial charge is 0.324 e. The van der Waals surface area contributed by atoms with E-state index in [2.05, 4.69) is 26.2 Å². The van der Waals surface area contributed by atoms with E-state index in [1.54, 1.807) is 48.5 Å². The molecule has 0 aliphatic carbocycles. The van der Waals surface area contributed by atoms with Crippen LogP contribution in [-0.2, 0) is 11.0 Å². The Kier molecular flexibility index (Phi) is 7.01. The van der Waals surface area contributed by atoms with Crippen LogP contribution in [0.1, 0.15) is 5.56 Å². The van der Waals surface area contributed by atoms with E-state index in [-0.39, 0.29) is 27.2 Å². The number of para-hydroxylation sites is 1. The van der Waals surface area contributed by atoms with E-state index in [0.29, 0.717) is 16.6 Å². The zero-order chi connectivity index (χ0) is 24.5. The van der Waals surface area contributed by atoms with E-state index >= 15 is 0 Å². The highest BCUT2D eigenvalue weighted by Crippen LogP contribution is 2.34. The minimum absolute atomic E-state index is 0.0260. The molecule has 34 heavy (non-hydrogen) atoms. The summed E-state index contributed by atoms with van der Waals surface area (Å²) in [7, 11) is 0. The van der Waals surface area contributed by atoms with Gasteiger partial charge in [-0.2, -0.15) is 13.2 Å². The second-order valence-corrected chi connectivity index (χ2v) is 9.32. The molecule has 1 heterocycles. The molecule has 0 aliphatic heterocycles. The third kappa shape index (κ3) is 5.29. The first kappa shape index (κ1) is 24.3. The van der Waals surface area contributed by atoms with E-state index in [1.165, 1.54) is 4.57 Å². The molecule has 0 saturated carbocycles. The van der Waals surface area contributed by atoms with Crippen molar-refractivity contribution in [3.05, 3.63) is 92.1 Å². The van der Waals surface area contributed by atoms with Crippen LogP contribution in [0.3, 0.4) is 0 Å². The summed E-state index contributed by atoms with van der Waals surface area (Å²) in [4.78, 5) is 30.3. The van der Waals surface area contributed by atoms with Gasteiger partial charge >= 0.3 is 6.18 Å². The van der Waals surface area contributed by atoms with Crippen molar-refractivity contribution >= 4 is 61.8 Å². The van der Waals surface area contributed by atoms with Crippen molar-refractivity contribution in [1.29, 1.82) is 0 Å². The summed E-state index contributed by atoms with van der Waals surface area (Å²) in [6.45, 7) is 0. The molecule has 1 amide bonds. The highest BCUT2D eigenvalue weighted by atomic mass is 79.9. The number of hydrogen-bond acceptors (Lipinski definition) is 4. The van der Waals surface area contributed by atoms with Crippen molar-refractivity contribution in [1.82, 2.24) is 9.55 Å². The maximum atomic E-state index is 13.2. The summed E-state index contributed by atoms with van der Waals surface area (Å²) >= 11 is 10.3. The topological polar surface area (TPSA) is 64.0 Å². The Labute approximate surface area is 209 Å². The van der Waals surface area contributed by atoms with Gasteiger partial charge in [0.25, 0.3) is 5.56 Å². The molecule has 174 valence electrons. The molecule has 4 aromatic rings. The van der Waals surface area contributed by atoms with Crippen LogP contribution in [0.5, 0.6) is 0 Å². The van der Waals surface area contributed by atoms with Crippen LogP contribution in [0.4, 0.5) is 18.9 Å². The van der Waals surface area contributed by atoms with Gasteiger partial charge in [0, 0.05) is 4.47 Å². The number of benzene rings is 3. The van der Waals surface area contributed by atoms with E-state index in [0.717, 1.165) is 34.4 Å². The minimum Gasteiger partial charge on any atom is -0.324 e. The number of thioether (sulfide) groups is 1. The number of rotatable bonds is 5. The number of carbonyl (C=O) groups excluding carboxylic acids is 1. The van der Waals surface area contributed by atoms with E-state index in [4.69, 9.17) is 11.6 Å². The lowest BCUT2D eigenvalue weighted by molar-refractivity contribution is -0.137. The van der Waals surface area contributed by atoms with E-state index < -0.39 is 17.6 Å². The lowest BCUT2D eigenvalue weighted by Gasteiger charge is -2.14. The van der Waals surface area contributed by atoms with Gasteiger partial charge in [0.1, 0.15) is 0 Å². The SMILES string of the molecule is O=C(CSc1nc2ccccc2c(=O)n1-c1ccc(Br)cc1)Nc1cc(C(F)(F)F)ccc1Cl. The van der Waals surface area contributed by atoms with E-state index in [9.17, 15) is 22.8 Å². The van der Waals surface area contributed by atoms with Gasteiger partial charge in [-0.05, 0) is 54.6 Å². The lowest BCUT2D eigenvalue weighted by Crippen LogP contribution is -2.23. The number of anilines is 1. The largest absolute Gasteiger partial charge is 0.416 e. The molecule has 0 saturated heterocycles. The Morgan fingerprint density at radius 2 is 1.79 bits per heavy atom. The maximum absolute atomic E-state index is 13.2. The molecule has 0 unspecified atom stereocenters. The number of amides is 1. The predicted molar refractivity (Wildman–Crippen MR) is 131 cm³/mol. The van der Waals surface area contributed by atoms with Crippen molar-refractivity contribution in [2.24, 2.45) is 0 Å². The summed E-state index contributed by atoms with van der Waals surface area (Å²) in [5.74, 6) is -0.815. The van der Waals surface area contributed by atoms with Crippen LogP contribution in [0.25, 0.3) is 16.6 Å². The van der Waals surface area contributed by atoms with Crippen LogP contribution in [0, 0.1) is 0 Å². The summed E-state index contributed by atoms with van der Waals surface area (Å²) in [6.07, 6.45) is -4.57. The number of carbonyl (C=O) groups is 1. The number of alkyl halides is 3. The molecule has 1 N–H and O–H groups in total. The predicted octanol–water partition coefficient (Wildman–Crippen LogP) is 6.55. The number of halogens is 5. The van der Waals surface area contributed by atoms with Gasteiger partial charge in [-0.15, -0.1) is 0 Å². The summed E-state index contributed by atoms with van der Waals surface area (Å²) < 4.78 is 41.2. The fourth-order valence-electron chi connectivity index (χ4n) is 3.14. The molecule has 3 aromatic carbocycles. The normalized spacial score (nSPS) is 11.6. The van der Waals surface area contributed by atoms with Gasteiger partial charge in [0.15, 0.2) is 5.16 Å². The minimum atomic E-state index is -4.57. The average molecular weight is 569 g/mol. The second kappa shape index (κ2) is 9.81. The third-order valence-corrected chi connectivity index (χ3v) is 6.53. The van der Waals surface area contributed by atoms with Gasteiger partial charge in [0.05, 0.1) is 38.6 Å². The number of nitrogens with one attached hydrogen (secondary N) is 1. The Morgan fingerprint density at radius 1 is 1.09 bits per heavy atom. The summed E-state index contributed by atoms with van der Waals surface area (Å²) in [5, 5.41) is 3.04. The van der Waals surface area contributed by atoms with Crippen LogP contribution < -0.4 is 10.9 Å². The van der Waals surface area contributed by atoms with Gasteiger partial charge < -0.3 is 5.32 Å². The van der Waals surface area contributed by atoms with Gasteiger partial charge in [-0.3, -0.25) is 14.2 Å². The lowest BCUT2D eigenvalue weighted by atomic mass is 10.2. The number of hydrogen-bond donors (Lipinski definition) is 1. The highest BCUT2D eigenvalue weighted by Gasteiger charge is 2.31. The van der Waals surface area contributed by atoms with Crippen molar-refractivity contribution in [2.75, 3.05) is 11.1 Å². The molecule has 5 nitrogen and oxygen atoms in total. The quantitative estimate of drug-likeness (QED) is 0.219. The Morgan fingerprint density at radius 3 is 2.50 bits per heavy atom. The molecule has 0 bridgehead atoms. The first-order chi connectivity index (χ1) is 16.1. The fraction of sp³-hybridized carbons (Fsp3) is 0.0870. The average Bonchev–Trinajstić information content (AvgIpc) is 2.79. The Hall–Kier alpha value is -2.82. The van der Waals surface area contributed by atoms with Crippen molar-refractivity contribution in [3.8, 4) is 5.69 Å². The number of aromatic nitrogens is 2. The summed E-state index contributed by atoms with van der Waals surface area (Å²) in [6, 6.07) is 16.5. The van der Waals surface area contributed by atoms with Crippen LogP contribution >= 0.6 is 39.3 Å². The van der Waals surface area contributed by atoms with Crippen molar-refractivity contribution in [2.45, 2.75) is 11.3 Å². The zero-order valence-corrected chi connectivity index (χ0v) is 20.2. The van der Waals surface area contributed by atoms with Crippen LogP contribution in [-0.4, -0.2) is 21.2 Å². The molecular formula is C23H14BrClF3N3O2S. The molecular weight excluding hydrogens is 555 g/mol. The number of fused-ring (bicyclic) bond motifs is 1. The molecule has 0 fully saturated rings. The Balaban J connectivity index is 1.64. The fourth-order valence-corrected chi connectivity index (χ4v) is 4.38. The van der Waals surface area contributed by atoms with E-state index in [1.807, 2.05) is 0 Å². The molecule has 0 atom stereocenters. The standard InChI is InChI=1S/C23H14BrClF3N3O2S/c24-14-6-8-15(9-7-14)31-21(33)16-3-1-2-4-18(16)30-22(31)34-12-20(32)29-19-11-13(23(26,27)28)5-10-17(19)25/h1-11H,12H2,(H,29,32). The first-order valence-corrected chi connectivity index (χ1v) is 11.9. The van der Waals surface area contributed by atoms with Gasteiger partial charge in [-0.1, -0.05) is 51.4 Å². The molecule has 0 radical (unpaired) electrons. The number of nitrogens with zero attached hydrogens (tertiary/aromatic N) is 2. The molecule has 1 aromatic heterocycles. The van der Waals surface area contributed by atoms with Crippen molar-refractivity contribution < 1.29 is 18.0 Å². The first-order valence-electron chi connectivity index (χ1n) is 9.70. The third-order valence-electron chi connectivity index (χ3n) is 4.73. The molecule has 0 aliphatic rings. The highest BCUT2D eigenvalue weighted by molar-refractivity contribution is 9.10. The van der Waals surface area contributed by atoms with Crippen LogP contribution in [0.2, 0.25) is 5.02 Å². The molecule has 0 spiro atoms. The van der Waals surface area contributed by atoms with Gasteiger partial charge in [-0.25, -0.2) is 4.98 Å². The molecule has 4 rings (SSSR count). The zero-order valence-electron chi connectivity index (χ0n) is 17.1. The van der Waals surface area contributed by atoms with Gasteiger partial charge in [0.2, 0.25) is 5.91 Å². The maximum Gasteiger partial charge on any atom is 0.416 e. The molecule has 11 heteroatoms. The van der Waals surface area contributed by atoms with Crippen LogP contribution in [0.15, 0.2) is 81.2 Å². The second-order valence-electron chi connectivity index (χ2n) is 7.06.